The van der Waals surface area contributed by atoms with Crippen LogP contribution in [0.2, 0.25) is 0 Å². The first-order chi connectivity index (χ1) is 11.3. The van der Waals surface area contributed by atoms with Crippen LogP contribution in [-0.2, 0) is 0 Å². The Kier molecular flexibility index (Phi) is 3.69. The molecule has 120 valence electrons. The van der Waals surface area contributed by atoms with Gasteiger partial charge in [0.25, 0.3) is 0 Å². The van der Waals surface area contributed by atoms with Crippen molar-refractivity contribution in [3.63, 3.8) is 0 Å². The quantitative estimate of drug-likeness (QED) is 0.829. The van der Waals surface area contributed by atoms with Gasteiger partial charge in [-0.1, -0.05) is 0 Å². The van der Waals surface area contributed by atoms with E-state index in [1.54, 1.807) is 25.8 Å². The van der Waals surface area contributed by atoms with Crippen molar-refractivity contribution in [3.05, 3.63) is 31.0 Å². The van der Waals surface area contributed by atoms with Crippen LogP contribution < -0.4 is 14.5 Å². The highest BCUT2D eigenvalue weighted by Crippen LogP contribution is 2.36. The van der Waals surface area contributed by atoms with Gasteiger partial charge < -0.3 is 14.5 Å². The molecule has 1 atom stereocenters. The van der Waals surface area contributed by atoms with Crippen LogP contribution >= 0.6 is 0 Å². The molecule has 3 heterocycles. The lowest BCUT2D eigenvalue weighted by molar-refractivity contribution is 0.396. The molecule has 0 bridgehead atoms. The molecule has 1 saturated carbocycles. The van der Waals surface area contributed by atoms with E-state index in [9.17, 15) is 0 Å². The monoisotopic (exact) mass is 312 g/mol. The van der Waals surface area contributed by atoms with Gasteiger partial charge in [0, 0.05) is 43.6 Å². The fraction of sp³-hybridized carbons (Fsp3) is 0.500. The molecule has 2 aromatic heterocycles. The lowest BCUT2D eigenvalue weighted by Crippen LogP contribution is -2.40. The maximum absolute atomic E-state index is 5.25. The summed E-state index contributed by atoms with van der Waals surface area (Å²) >= 11 is 0. The Morgan fingerprint density at radius 1 is 1.13 bits per heavy atom. The van der Waals surface area contributed by atoms with Gasteiger partial charge in [0.2, 0.25) is 5.88 Å². The second-order valence-corrected chi connectivity index (χ2v) is 6.01. The smallest absolute Gasteiger partial charge is 0.218 e. The van der Waals surface area contributed by atoms with Gasteiger partial charge in [-0.2, -0.15) is 0 Å². The predicted molar refractivity (Wildman–Crippen MR) is 86.7 cm³/mol. The fourth-order valence-electron chi connectivity index (χ4n) is 3.24. The summed E-state index contributed by atoms with van der Waals surface area (Å²) < 4.78 is 5.25. The largest absolute Gasteiger partial charge is 0.481 e. The molecule has 2 aromatic rings. The fourth-order valence-corrected chi connectivity index (χ4v) is 3.24. The highest BCUT2D eigenvalue weighted by Gasteiger charge is 2.38. The van der Waals surface area contributed by atoms with Gasteiger partial charge in [0.1, 0.15) is 18.0 Å². The van der Waals surface area contributed by atoms with Crippen molar-refractivity contribution in [2.45, 2.75) is 31.3 Å². The Bertz CT molecular complexity index is 663. The number of rotatable bonds is 5. The lowest BCUT2D eigenvalue weighted by Gasteiger charge is -2.30. The maximum Gasteiger partial charge on any atom is 0.218 e. The Balaban J connectivity index is 1.55. The van der Waals surface area contributed by atoms with Crippen molar-refractivity contribution in [1.82, 2.24) is 19.9 Å². The molecule has 1 unspecified atom stereocenters. The third-order valence-electron chi connectivity index (χ3n) is 4.47. The van der Waals surface area contributed by atoms with E-state index >= 15 is 0 Å². The predicted octanol–water partition coefficient (Wildman–Crippen LogP) is 1.52. The number of methoxy groups -OCH3 is 1. The molecule has 0 radical (unpaired) electrons. The number of nitrogens with zero attached hydrogens (tertiary/aromatic N) is 6. The van der Waals surface area contributed by atoms with Crippen LogP contribution in [0.1, 0.15) is 19.3 Å². The zero-order valence-corrected chi connectivity index (χ0v) is 13.2. The summed E-state index contributed by atoms with van der Waals surface area (Å²) in [5.74, 6) is 2.53. The average Bonchev–Trinajstić information content (AvgIpc) is 3.32. The molecule has 1 aliphatic carbocycles. The standard InChI is InChI=1S/C16H20N6O/c1-23-16-8-14(19-11-20-16)22(12-2-3-12)13-4-7-21(10-13)15-9-17-5-6-18-15/h5-6,8-9,11-13H,2-4,7,10H2,1H3. The maximum atomic E-state index is 5.25. The average molecular weight is 312 g/mol. The van der Waals surface area contributed by atoms with Crippen molar-refractivity contribution in [2.75, 3.05) is 30.0 Å². The van der Waals surface area contributed by atoms with Gasteiger partial charge in [-0.3, -0.25) is 4.98 Å². The van der Waals surface area contributed by atoms with Crippen molar-refractivity contribution in [2.24, 2.45) is 0 Å². The summed E-state index contributed by atoms with van der Waals surface area (Å²) in [4.78, 5) is 21.9. The highest BCUT2D eigenvalue weighted by molar-refractivity contribution is 5.47. The van der Waals surface area contributed by atoms with Crippen molar-refractivity contribution in [1.29, 1.82) is 0 Å². The van der Waals surface area contributed by atoms with Crippen LogP contribution in [0.4, 0.5) is 11.6 Å². The second kappa shape index (κ2) is 5.98. The van der Waals surface area contributed by atoms with E-state index in [2.05, 4.69) is 29.7 Å². The SMILES string of the molecule is COc1cc(N(C2CC2)C2CCN(c3cnccn3)C2)ncn1. The zero-order valence-electron chi connectivity index (χ0n) is 13.2. The van der Waals surface area contributed by atoms with E-state index in [-0.39, 0.29) is 0 Å². The number of anilines is 2. The minimum absolute atomic E-state index is 0.434. The molecule has 7 nitrogen and oxygen atoms in total. The van der Waals surface area contributed by atoms with Crippen LogP contribution in [-0.4, -0.2) is 52.2 Å². The van der Waals surface area contributed by atoms with E-state index in [0.717, 1.165) is 31.1 Å². The van der Waals surface area contributed by atoms with E-state index in [1.165, 1.54) is 12.8 Å². The van der Waals surface area contributed by atoms with E-state index < -0.39 is 0 Å². The van der Waals surface area contributed by atoms with E-state index in [0.29, 0.717) is 18.0 Å². The second-order valence-electron chi connectivity index (χ2n) is 6.01. The highest BCUT2D eigenvalue weighted by atomic mass is 16.5. The molecule has 0 aromatic carbocycles. The van der Waals surface area contributed by atoms with E-state index in [4.69, 9.17) is 4.74 Å². The first kappa shape index (κ1) is 14.2. The number of ether oxygens (including phenoxy) is 1. The van der Waals surface area contributed by atoms with Crippen molar-refractivity contribution in [3.8, 4) is 5.88 Å². The van der Waals surface area contributed by atoms with Gasteiger partial charge in [-0.05, 0) is 19.3 Å². The third kappa shape index (κ3) is 2.91. The first-order valence-electron chi connectivity index (χ1n) is 8.00. The van der Waals surface area contributed by atoms with Crippen LogP contribution in [0.25, 0.3) is 0 Å². The Labute approximate surface area is 135 Å². The van der Waals surface area contributed by atoms with Gasteiger partial charge in [-0.15, -0.1) is 0 Å². The third-order valence-corrected chi connectivity index (χ3v) is 4.47. The summed E-state index contributed by atoms with van der Waals surface area (Å²) in [5, 5.41) is 0. The summed E-state index contributed by atoms with van der Waals surface area (Å²) in [5.41, 5.74) is 0. The molecule has 0 N–H and O–H groups in total. The Hall–Kier alpha value is -2.44. The van der Waals surface area contributed by atoms with Crippen LogP contribution in [0.15, 0.2) is 31.0 Å². The summed E-state index contributed by atoms with van der Waals surface area (Å²) in [6.07, 6.45) is 10.4. The topological polar surface area (TPSA) is 67.3 Å². The normalized spacial score (nSPS) is 20.6. The van der Waals surface area contributed by atoms with Crippen molar-refractivity contribution < 1.29 is 4.74 Å². The molecular weight excluding hydrogens is 292 g/mol. The molecule has 0 spiro atoms. The first-order valence-corrected chi connectivity index (χ1v) is 8.00. The minimum atomic E-state index is 0.434. The van der Waals surface area contributed by atoms with Gasteiger partial charge in [-0.25, -0.2) is 15.0 Å². The molecule has 2 fully saturated rings. The minimum Gasteiger partial charge on any atom is -0.481 e. The Morgan fingerprint density at radius 2 is 2.04 bits per heavy atom. The lowest BCUT2D eigenvalue weighted by atomic mass is 10.2. The van der Waals surface area contributed by atoms with Gasteiger partial charge in [0.15, 0.2) is 0 Å². The molecule has 23 heavy (non-hydrogen) atoms. The van der Waals surface area contributed by atoms with Crippen LogP contribution in [0.3, 0.4) is 0 Å². The zero-order chi connectivity index (χ0) is 15.6. The molecular formula is C16H20N6O. The van der Waals surface area contributed by atoms with Crippen LogP contribution in [0.5, 0.6) is 5.88 Å². The number of aromatic nitrogens is 4. The molecule has 2 aliphatic rings. The molecule has 1 saturated heterocycles. The summed E-state index contributed by atoms with van der Waals surface area (Å²) in [6.45, 7) is 1.94. The summed E-state index contributed by atoms with van der Waals surface area (Å²) in [7, 11) is 1.64. The molecule has 1 aliphatic heterocycles. The van der Waals surface area contributed by atoms with Crippen molar-refractivity contribution >= 4 is 11.6 Å². The van der Waals surface area contributed by atoms with Crippen LogP contribution in [0, 0.1) is 0 Å². The number of hydrogen-bond acceptors (Lipinski definition) is 7. The molecule has 7 heteroatoms. The summed E-state index contributed by atoms with van der Waals surface area (Å²) in [6, 6.07) is 2.95. The molecule has 0 amide bonds. The van der Waals surface area contributed by atoms with Gasteiger partial charge in [0.05, 0.1) is 13.3 Å². The van der Waals surface area contributed by atoms with Gasteiger partial charge >= 0.3 is 0 Å². The van der Waals surface area contributed by atoms with E-state index in [1.807, 2.05) is 12.3 Å². The number of hydrogen-bond donors (Lipinski definition) is 0. The Morgan fingerprint density at radius 3 is 2.78 bits per heavy atom. The molecule has 4 rings (SSSR count).